The number of rotatable bonds is 4. The topological polar surface area (TPSA) is 101 Å². The largest absolute Gasteiger partial charge is 0.476 e. The Morgan fingerprint density at radius 1 is 1.14 bits per heavy atom. The summed E-state index contributed by atoms with van der Waals surface area (Å²) >= 11 is 0. The van der Waals surface area contributed by atoms with Crippen molar-refractivity contribution in [3.63, 3.8) is 0 Å². The first-order valence-electron chi connectivity index (χ1n) is 11.5. The molecule has 0 spiro atoms. The Hall–Kier alpha value is -4.07. The molecule has 178 valence electrons. The number of ether oxygens (including phenoxy) is 1. The van der Waals surface area contributed by atoms with Crippen molar-refractivity contribution in [2.75, 3.05) is 4.90 Å². The minimum atomic E-state index is -1.00. The van der Waals surface area contributed by atoms with Gasteiger partial charge in [-0.1, -0.05) is 26.8 Å². The van der Waals surface area contributed by atoms with E-state index in [-0.39, 0.29) is 11.7 Å². The lowest BCUT2D eigenvalue weighted by Crippen LogP contribution is -2.52. The van der Waals surface area contributed by atoms with Gasteiger partial charge in [0.15, 0.2) is 17.0 Å². The molecule has 0 aliphatic carbocycles. The average Bonchev–Trinajstić information content (AvgIpc) is 3.24. The average molecular weight is 470 g/mol. The van der Waals surface area contributed by atoms with Crippen molar-refractivity contribution >= 4 is 28.5 Å². The second kappa shape index (κ2) is 8.01. The summed E-state index contributed by atoms with van der Waals surface area (Å²) in [5.74, 6) is 0.440. The van der Waals surface area contributed by atoms with E-state index in [1.54, 1.807) is 37.3 Å². The molecule has 8 nitrogen and oxygen atoms in total. The van der Waals surface area contributed by atoms with Crippen molar-refractivity contribution in [1.82, 2.24) is 19.9 Å². The van der Waals surface area contributed by atoms with Crippen LogP contribution in [0.4, 0.5) is 5.69 Å². The summed E-state index contributed by atoms with van der Waals surface area (Å²) in [5.41, 5.74) is 2.80. The number of amides is 1. The van der Waals surface area contributed by atoms with Crippen molar-refractivity contribution in [3.8, 4) is 17.0 Å². The van der Waals surface area contributed by atoms with Crippen molar-refractivity contribution in [3.05, 3.63) is 66.2 Å². The molecule has 0 atom stereocenters. The maximum atomic E-state index is 13.3. The zero-order chi connectivity index (χ0) is 25.0. The number of pyridine rings is 1. The maximum Gasteiger partial charge on any atom is 0.271 e. The van der Waals surface area contributed by atoms with Crippen molar-refractivity contribution < 1.29 is 14.3 Å². The molecule has 8 heteroatoms. The summed E-state index contributed by atoms with van der Waals surface area (Å²) in [7, 11) is 0. The van der Waals surface area contributed by atoms with Crippen LogP contribution in [0.3, 0.4) is 0 Å². The van der Waals surface area contributed by atoms with E-state index in [4.69, 9.17) is 9.72 Å². The molecule has 1 amide bonds. The highest BCUT2D eigenvalue weighted by Gasteiger charge is 2.41. The van der Waals surface area contributed by atoms with Crippen molar-refractivity contribution in [2.24, 2.45) is 5.41 Å². The Balaban J connectivity index is 1.59. The van der Waals surface area contributed by atoms with E-state index in [9.17, 15) is 9.59 Å². The standard InChI is InChI=1S/C27H27N5O3/c1-26(2,3)23(33)18-13-29-24-22(18)31-19(14-30-24)16-9-10-21-20(12-16)32(25(34)27(4,5)35-21)15-17-8-6-7-11-28-17/h6-14H,15H2,1-5H3,(H,29,30). The number of anilines is 1. The molecule has 0 unspecified atom stereocenters. The number of ketones is 1. The summed E-state index contributed by atoms with van der Waals surface area (Å²) in [5, 5.41) is 0. The van der Waals surface area contributed by atoms with Crippen LogP contribution in [0.2, 0.25) is 0 Å². The van der Waals surface area contributed by atoms with Crippen LogP contribution < -0.4 is 9.64 Å². The van der Waals surface area contributed by atoms with Crippen LogP contribution in [0, 0.1) is 5.41 Å². The fraction of sp³-hybridized carbons (Fsp3) is 0.296. The molecule has 1 aromatic carbocycles. The van der Waals surface area contributed by atoms with Crippen LogP contribution >= 0.6 is 0 Å². The summed E-state index contributed by atoms with van der Waals surface area (Å²) in [6, 6.07) is 11.2. The van der Waals surface area contributed by atoms with Gasteiger partial charge in [0.05, 0.1) is 35.4 Å². The third-order valence-corrected chi connectivity index (χ3v) is 6.02. The SMILES string of the molecule is CC(C)(C)C(=O)c1c[nH]c2ncc(-c3ccc4c(c3)N(Cc3ccccn3)C(=O)C(C)(C)O4)nc12. The summed E-state index contributed by atoms with van der Waals surface area (Å²) in [4.78, 5) is 44.7. The van der Waals surface area contributed by atoms with Gasteiger partial charge in [0.25, 0.3) is 5.91 Å². The van der Waals surface area contributed by atoms with Gasteiger partial charge in [-0.15, -0.1) is 0 Å². The highest BCUT2D eigenvalue weighted by atomic mass is 16.5. The zero-order valence-electron chi connectivity index (χ0n) is 20.4. The number of fused-ring (bicyclic) bond motifs is 2. The van der Waals surface area contributed by atoms with Crippen LogP contribution in [0.1, 0.15) is 50.7 Å². The lowest BCUT2D eigenvalue weighted by atomic mass is 9.87. The molecule has 0 saturated heterocycles. The molecule has 1 N–H and O–H groups in total. The lowest BCUT2D eigenvalue weighted by molar-refractivity contribution is -0.132. The van der Waals surface area contributed by atoms with Crippen molar-refractivity contribution in [1.29, 1.82) is 0 Å². The third kappa shape index (κ3) is 4.05. The van der Waals surface area contributed by atoms with Crippen LogP contribution in [0.15, 0.2) is 55.0 Å². The molecule has 35 heavy (non-hydrogen) atoms. The molecule has 4 heterocycles. The number of aromatic nitrogens is 4. The number of benzene rings is 1. The Morgan fingerprint density at radius 2 is 1.94 bits per heavy atom. The Kier molecular flexibility index (Phi) is 5.20. The minimum absolute atomic E-state index is 0.0107. The number of aromatic amines is 1. The molecule has 0 fully saturated rings. The molecule has 0 bridgehead atoms. The second-order valence-electron chi connectivity index (χ2n) is 10.2. The van der Waals surface area contributed by atoms with E-state index in [0.29, 0.717) is 40.4 Å². The number of hydrogen-bond acceptors (Lipinski definition) is 6. The maximum absolute atomic E-state index is 13.3. The van der Waals surface area contributed by atoms with Crippen molar-refractivity contribution in [2.45, 2.75) is 46.8 Å². The Morgan fingerprint density at radius 3 is 2.66 bits per heavy atom. The van der Waals surface area contributed by atoms with Crippen LogP contribution in [0.25, 0.3) is 22.4 Å². The first kappa shape index (κ1) is 22.7. The monoisotopic (exact) mass is 469 g/mol. The fourth-order valence-electron chi connectivity index (χ4n) is 4.15. The highest BCUT2D eigenvalue weighted by Crippen LogP contribution is 2.41. The van der Waals surface area contributed by atoms with Gasteiger partial charge in [-0.3, -0.25) is 19.5 Å². The second-order valence-corrected chi connectivity index (χ2v) is 10.2. The fourth-order valence-corrected chi connectivity index (χ4v) is 4.15. The lowest BCUT2D eigenvalue weighted by Gasteiger charge is -2.38. The van der Waals surface area contributed by atoms with E-state index < -0.39 is 11.0 Å². The molecule has 1 aliphatic rings. The number of Topliss-reactive ketones (excluding diaryl/α,β-unsaturated/α-hetero) is 1. The molecule has 0 radical (unpaired) electrons. The smallest absolute Gasteiger partial charge is 0.271 e. The first-order chi connectivity index (χ1) is 16.5. The van der Waals surface area contributed by atoms with Crippen LogP contribution in [0.5, 0.6) is 5.75 Å². The number of carbonyl (C=O) groups is 2. The van der Waals surface area contributed by atoms with E-state index in [1.165, 1.54) is 0 Å². The normalized spacial score (nSPS) is 15.1. The van der Waals surface area contributed by atoms with E-state index >= 15 is 0 Å². The van der Waals surface area contributed by atoms with E-state index in [1.807, 2.05) is 57.2 Å². The highest BCUT2D eigenvalue weighted by molar-refractivity contribution is 6.08. The number of nitrogens with zero attached hydrogens (tertiary/aromatic N) is 4. The first-order valence-corrected chi connectivity index (χ1v) is 11.5. The third-order valence-electron chi connectivity index (χ3n) is 6.02. The Labute approximate surface area is 203 Å². The van der Waals surface area contributed by atoms with Gasteiger partial charge >= 0.3 is 0 Å². The molecule has 4 aromatic rings. The van der Waals surface area contributed by atoms with E-state index in [2.05, 4.69) is 15.0 Å². The van der Waals surface area contributed by atoms with Gasteiger partial charge in [0.1, 0.15) is 11.3 Å². The van der Waals surface area contributed by atoms with E-state index in [0.717, 1.165) is 11.3 Å². The predicted molar refractivity (Wildman–Crippen MR) is 133 cm³/mol. The predicted octanol–water partition coefficient (Wildman–Crippen LogP) is 4.95. The number of H-pyrrole nitrogens is 1. The summed E-state index contributed by atoms with van der Waals surface area (Å²) in [6.45, 7) is 9.47. The number of carbonyl (C=O) groups excluding carboxylic acids is 2. The molecule has 1 aliphatic heterocycles. The van der Waals surface area contributed by atoms with Gasteiger partial charge in [-0.25, -0.2) is 9.97 Å². The van der Waals surface area contributed by atoms with Gasteiger partial charge in [0, 0.05) is 23.4 Å². The minimum Gasteiger partial charge on any atom is -0.476 e. The van der Waals surface area contributed by atoms with Gasteiger partial charge < -0.3 is 9.72 Å². The molecular formula is C27H27N5O3. The van der Waals surface area contributed by atoms with Crippen LogP contribution in [-0.4, -0.2) is 37.2 Å². The summed E-state index contributed by atoms with van der Waals surface area (Å²) < 4.78 is 6.04. The summed E-state index contributed by atoms with van der Waals surface area (Å²) in [6.07, 6.45) is 5.03. The molecular weight excluding hydrogens is 442 g/mol. The van der Waals surface area contributed by atoms with Gasteiger partial charge in [0.2, 0.25) is 0 Å². The molecule has 3 aromatic heterocycles. The molecule has 5 rings (SSSR count). The number of hydrogen-bond donors (Lipinski definition) is 1. The molecule has 0 saturated carbocycles. The zero-order valence-corrected chi connectivity index (χ0v) is 20.4. The number of nitrogens with one attached hydrogen (secondary N) is 1. The quantitative estimate of drug-likeness (QED) is 0.424. The van der Waals surface area contributed by atoms with Gasteiger partial charge in [-0.2, -0.15) is 0 Å². The van der Waals surface area contributed by atoms with Crippen LogP contribution in [-0.2, 0) is 11.3 Å². The Bertz CT molecular complexity index is 1450. The van der Waals surface area contributed by atoms with Gasteiger partial charge in [-0.05, 0) is 44.2 Å².